The third kappa shape index (κ3) is 5.66. The molecular formula is C20H21F4N5O6S. The highest BCUT2D eigenvalue weighted by Crippen LogP contribution is 2.24. The molecule has 1 saturated heterocycles. The minimum Gasteiger partial charge on any atom is -0.343 e. The van der Waals surface area contributed by atoms with Crippen molar-refractivity contribution in [2.24, 2.45) is 7.05 Å². The lowest BCUT2D eigenvalue weighted by atomic mass is 10.2. The summed E-state index contributed by atoms with van der Waals surface area (Å²) in [5.41, 5.74) is 0.626. The van der Waals surface area contributed by atoms with Gasteiger partial charge in [0, 0.05) is 50.2 Å². The third-order valence-corrected chi connectivity index (χ3v) is 6.64. The number of benzene rings is 1. The summed E-state index contributed by atoms with van der Waals surface area (Å²) < 4.78 is 83.6. The highest BCUT2D eigenvalue weighted by Gasteiger charge is 2.35. The van der Waals surface area contributed by atoms with Gasteiger partial charge >= 0.3 is 11.8 Å². The molecule has 1 aromatic carbocycles. The molecule has 1 aliphatic heterocycles. The van der Waals surface area contributed by atoms with Crippen LogP contribution >= 0.6 is 0 Å². The number of likely N-dealkylation sites (tertiary alicyclic amines) is 1. The molecule has 3 amide bonds. The summed E-state index contributed by atoms with van der Waals surface area (Å²) in [7, 11) is -3.38. The van der Waals surface area contributed by atoms with Gasteiger partial charge < -0.3 is 14.8 Å². The van der Waals surface area contributed by atoms with Gasteiger partial charge in [-0.3, -0.25) is 19.2 Å². The zero-order valence-corrected chi connectivity index (χ0v) is 19.7. The number of carbonyl (C=O) groups is 3. The van der Waals surface area contributed by atoms with Crippen LogP contribution in [-0.4, -0.2) is 61.3 Å². The van der Waals surface area contributed by atoms with Crippen LogP contribution in [0.15, 0.2) is 23.2 Å². The van der Waals surface area contributed by atoms with Crippen molar-refractivity contribution in [2.45, 2.75) is 24.3 Å². The molecule has 196 valence electrons. The van der Waals surface area contributed by atoms with E-state index in [1.165, 1.54) is 0 Å². The summed E-state index contributed by atoms with van der Waals surface area (Å²) in [5.74, 6) is -9.63. The fourth-order valence-electron chi connectivity index (χ4n) is 3.48. The normalized spacial score (nSPS) is 15.7. The molecule has 2 heterocycles. The van der Waals surface area contributed by atoms with Gasteiger partial charge in [0.25, 0.3) is 5.91 Å². The summed E-state index contributed by atoms with van der Waals surface area (Å²) in [6, 6.07) is 0.0805. The molecule has 1 fully saturated rings. The highest BCUT2D eigenvalue weighted by atomic mass is 32.2. The molecule has 0 saturated carbocycles. The lowest BCUT2D eigenvalue weighted by molar-refractivity contribution is -0.152. The molecule has 2 aromatic rings. The molecule has 1 aromatic heterocycles. The van der Waals surface area contributed by atoms with Gasteiger partial charge in [0.2, 0.25) is 10.0 Å². The van der Waals surface area contributed by atoms with Crippen molar-refractivity contribution >= 4 is 33.4 Å². The summed E-state index contributed by atoms with van der Waals surface area (Å²) in [6.45, 7) is 1.58. The quantitative estimate of drug-likeness (QED) is 0.207. The Morgan fingerprint density at radius 1 is 1.11 bits per heavy atom. The number of sulfonamides is 1. The Balaban J connectivity index is 1.73. The van der Waals surface area contributed by atoms with Crippen molar-refractivity contribution in [3.05, 3.63) is 47.3 Å². The zero-order valence-electron chi connectivity index (χ0n) is 18.9. The number of aromatic nitrogens is 1. The van der Waals surface area contributed by atoms with Crippen molar-refractivity contribution in [3.8, 4) is 0 Å². The molecule has 0 aliphatic carbocycles. The number of rotatable bonds is 7. The Labute approximate surface area is 202 Å². The zero-order chi connectivity index (χ0) is 26.8. The number of hydroxylamine groups is 1. The molecule has 3 rings (SSSR count). The summed E-state index contributed by atoms with van der Waals surface area (Å²) >= 11 is 0. The topological polar surface area (TPSA) is 139 Å². The first kappa shape index (κ1) is 27.1. The molecule has 0 radical (unpaired) electrons. The Morgan fingerprint density at radius 2 is 1.75 bits per heavy atom. The Morgan fingerprint density at radius 3 is 2.36 bits per heavy atom. The number of halogens is 4. The number of anilines is 1. The highest BCUT2D eigenvalue weighted by molar-refractivity contribution is 7.89. The molecule has 1 aliphatic rings. The van der Waals surface area contributed by atoms with Gasteiger partial charge in [-0.1, -0.05) is 0 Å². The second-order valence-electron chi connectivity index (χ2n) is 7.70. The van der Waals surface area contributed by atoms with Gasteiger partial charge in [-0.05, 0) is 13.3 Å². The van der Waals surface area contributed by atoms with E-state index in [0.29, 0.717) is 12.1 Å². The maximum absolute atomic E-state index is 15.0. The average Bonchev–Trinajstić information content (AvgIpc) is 3.38. The van der Waals surface area contributed by atoms with Crippen molar-refractivity contribution in [2.75, 3.05) is 25.0 Å². The van der Waals surface area contributed by atoms with Crippen LogP contribution in [0.2, 0.25) is 0 Å². The largest absolute Gasteiger partial charge is 0.343 e. The summed E-state index contributed by atoms with van der Waals surface area (Å²) in [6.07, 6.45) is 0.933. The van der Waals surface area contributed by atoms with Crippen LogP contribution in [0, 0.1) is 23.3 Å². The second kappa shape index (κ2) is 10.6. The predicted molar refractivity (Wildman–Crippen MR) is 115 cm³/mol. The van der Waals surface area contributed by atoms with E-state index in [-0.39, 0.29) is 26.1 Å². The van der Waals surface area contributed by atoms with E-state index < -0.39 is 73.3 Å². The van der Waals surface area contributed by atoms with Crippen LogP contribution < -0.4 is 15.5 Å². The molecule has 11 nitrogen and oxygen atoms in total. The van der Waals surface area contributed by atoms with E-state index in [1.807, 2.05) is 10.8 Å². The fourth-order valence-corrected chi connectivity index (χ4v) is 4.87. The van der Waals surface area contributed by atoms with E-state index in [0.717, 1.165) is 22.7 Å². The van der Waals surface area contributed by atoms with Crippen LogP contribution in [0.1, 0.15) is 23.8 Å². The number of amides is 3. The van der Waals surface area contributed by atoms with Crippen molar-refractivity contribution in [3.63, 3.8) is 0 Å². The maximum atomic E-state index is 15.0. The van der Waals surface area contributed by atoms with Crippen LogP contribution in [0.5, 0.6) is 0 Å². The fraction of sp³-hybridized carbons (Fsp3) is 0.350. The number of hydrogen-bond acceptors (Lipinski definition) is 6. The summed E-state index contributed by atoms with van der Waals surface area (Å²) in [5, 5.41) is 1.98. The molecule has 0 spiro atoms. The van der Waals surface area contributed by atoms with Gasteiger partial charge in [-0.2, -0.15) is 0 Å². The van der Waals surface area contributed by atoms with Gasteiger partial charge in [0.1, 0.15) is 10.6 Å². The number of hydrogen-bond donors (Lipinski definition) is 3. The molecule has 16 heteroatoms. The monoisotopic (exact) mass is 535 g/mol. The molecule has 36 heavy (non-hydrogen) atoms. The first-order chi connectivity index (χ1) is 16.9. The Kier molecular flexibility index (Phi) is 8.00. The van der Waals surface area contributed by atoms with E-state index in [4.69, 9.17) is 0 Å². The lowest BCUT2D eigenvalue weighted by Crippen LogP contribution is -2.44. The van der Waals surface area contributed by atoms with Crippen LogP contribution in [-0.2, 0) is 31.5 Å². The SMILES string of the molecule is CCONC(=O)C(=O)N1CC[C@@H](NS(=O)(=O)c2cn(C)c(C(=O)Nc3cc(F)c(F)c(F)c3)c2F)C1. The average molecular weight is 535 g/mol. The van der Waals surface area contributed by atoms with Gasteiger partial charge in [0.05, 0.1) is 6.61 Å². The van der Waals surface area contributed by atoms with Gasteiger partial charge in [-0.15, -0.1) is 0 Å². The van der Waals surface area contributed by atoms with Gasteiger partial charge in [0.15, 0.2) is 23.3 Å². The smallest absolute Gasteiger partial charge is 0.333 e. The third-order valence-electron chi connectivity index (χ3n) is 5.13. The molecular weight excluding hydrogens is 514 g/mol. The van der Waals surface area contributed by atoms with E-state index >= 15 is 4.39 Å². The van der Waals surface area contributed by atoms with E-state index in [2.05, 4.69) is 9.56 Å². The minimum absolute atomic E-state index is 0.0429. The Hall–Kier alpha value is -3.50. The van der Waals surface area contributed by atoms with Crippen molar-refractivity contribution in [1.29, 1.82) is 0 Å². The molecule has 3 N–H and O–H groups in total. The number of aryl methyl sites for hydroxylation is 1. The predicted octanol–water partition coefficient (Wildman–Crippen LogP) is 0.781. The number of nitrogens with one attached hydrogen (secondary N) is 3. The van der Waals surface area contributed by atoms with Crippen molar-refractivity contribution < 1.29 is 45.2 Å². The van der Waals surface area contributed by atoms with E-state index in [9.17, 15) is 36.0 Å². The molecule has 0 unspecified atom stereocenters. The van der Waals surface area contributed by atoms with E-state index in [1.54, 1.807) is 6.92 Å². The van der Waals surface area contributed by atoms with Crippen LogP contribution in [0.3, 0.4) is 0 Å². The standard InChI is InChI=1S/C20H21F4N5O6S/c1-3-35-26-19(31)20(32)29-5-4-10(8-29)27-36(33,34)14-9-28(2)17(16(14)24)18(30)25-11-6-12(21)15(23)13(22)7-11/h6-7,9-10,27H,3-5,8H2,1-2H3,(H,25,30)(H,26,31)/t10-/m1/s1. The lowest BCUT2D eigenvalue weighted by Gasteiger charge is -2.16. The molecule has 0 bridgehead atoms. The summed E-state index contributed by atoms with van der Waals surface area (Å²) in [4.78, 5) is 41.1. The number of carbonyl (C=O) groups excluding carboxylic acids is 3. The molecule has 1 atom stereocenters. The van der Waals surface area contributed by atoms with Gasteiger partial charge in [-0.25, -0.2) is 36.2 Å². The number of nitrogens with zero attached hydrogens (tertiary/aromatic N) is 2. The first-order valence-electron chi connectivity index (χ1n) is 10.4. The first-order valence-corrected chi connectivity index (χ1v) is 11.9. The minimum atomic E-state index is -4.54. The van der Waals surface area contributed by atoms with Crippen molar-refractivity contribution in [1.82, 2.24) is 19.7 Å². The Bertz CT molecular complexity index is 1290. The maximum Gasteiger partial charge on any atom is 0.333 e. The van der Waals surface area contributed by atoms with Crippen LogP contribution in [0.25, 0.3) is 0 Å². The van der Waals surface area contributed by atoms with Crippen LogP contribution in [0.4, 0.5) is 23.2 Å². The second-order valence-corrected chi connectivity index (χ2v) is 9.38.